The number of rotatable bonds is 6. The standard InChI is InChI=1S/C21H25N5O2/c1-15-18(13-20-19(23-15)14-22-25(20)2)21(27)24-16-6-5-7-17(12-16)28-11-10-26-8-3-4-9-26/h5-7,12-14H,3-4,8-11H2,1-2H3,(H,24,27). The van der Waals surface area contributed by atoms with Crippen LogP contribution >= 0.6 is 0 Å². The van der Waals surface area contributed by atoms with Crippen molar-refractivity contribution < 1.29 is 9.53 Å². The third kappa shape index (κ3) is 3.99. The van der Waals surface area contributed by atoms with E-state index in [4.69, 9.17) is 4.74 Å². The minimum absolute atomic E-state index is 0.192. The number of fused-ring (bicyclic) bond motifs is 1. The first-order chi connectivity index (χ1) is 13.6. The number of pyridine rings is 1. The van der Waals surface area contributed by atoms with Crippen LogP contribution in [-0.2, 0) is 7.05 Å². The number of nitrogens with one attached hydrogen (secondary N) is 1. The topological polar surface area (TPSA) is 72.3 Å². The van der Waals surface area contributed by atoms with Crippen LogP contribution in [0.15, 0.2) is 36.5 Å². The van der Waals surface area contributed by atoms with Gasteiger partial charge in [-0.05, 0) is 51.1 Å². The summed E-state index contributed by atoms with van der Waals surface area (Å²) in [6.07, 6.45) is 4.26. The smallest absolute Gasteiger partial charge is 0.257 e. The van der Waals surface area contributed by atoms with E-state index >= 15 is 0 Å². The number of anilines is 1. The van der Waals surface area contributed by atoms with Gasteiger partial charge in [0.15, 0.2) is 0 Å². The average molecular weight is 379 g/mol. The molecule has 7 nitrogen and oxygen atoms in total. The highest BCUT2D eigenvalue weighted by Gasteiger charge is 2.14. The van der Waals surface area contributed by atoms with Gasteiger partial charge in [-0.15, -0.1) is 0 Å². The molecule has 0 unspecified atom stereocenters. The lowest BCUT2D eigenvalue weighted by molar-refractivity contribution is 0.102. The molecule has 2 aromatic heterocycles. The van der Waals surface area contributed by atoms with Crippen molar-refractivity contribution in [2.45, 2.75) is 19.8 Å². The van der Waals surface area contributed by atoms with Gasteiger partial charge in [-0.3, -0.25) is 14.4 Å². The lowest BCUT2D eigenvalue weighted by atomic mass is 10.1. The van der Waals surface area contributed by atoms with Crippen molar-refractivity contribution in [3.8, 4) is 5.75 Å². The van der Waals surface area contributed by atoms with Crippen LogP contribution < -0.4 is 10.1 Å². The maximum atomic E-state index is 12.8. The molecule has 7 heteroatoms. The zero-order valence-electron chi connectivity index (χ0n) is 16.3. The predicted octanol–water partition coefficient (Wildman–Crippen LogP) is 3.00. The van der Waals surface area contributed by atoms with E-state index in [0.29, 0.717) is 23.6 Å². The fraction of sp³-hybridized carbons (Fsp3) is 0.381. The Kier molecular flexibility index (Phi) is 5.25. The Morgan fingerprint density at radius 2 is 2.07 bits per heavy atom. The average Bonchev–Trinajstić information content (AvgIpc) is 3.31. The van der Waals surface area contributed by atoms with E-state index < -0.39 is 0 Å². The number of benzene rings is 1. The van der Waals surface area contributed by atoms with E-state index in [9.17, 15) is 4.79 Å². The first-order valence-electron chi connectivity index (χ1n) is 9.66. The Morgan fingerprint density at radius 1 is 1.25 bits per heavy atom. The minimum atomic E-state index is -0.192. The monoisotopic (exact) mass is 379 g/mol. The largest absolute Gasteiger partial charge is 0.492 e. The number of hydrogen-bond acceptors (Lipinski definition) is 5. The zero-order chi connectivity index (χ0) is 19.5. The second kappa shape index (κ2) is 7.98. The number of ether oxygens (including phenoxy) is 1. The molecule has 1 fully saturated rings. The van der Waals surface area contributed by atoms with Gasteiger partial charge in [0.1, 0.15) is 17.9 Å². The molecule has 0 bridgehead atoms. The molecule has 0 saturated carbocycles. The summed E-state index contributed by atoms with van der Waals surface area (Å²) >= 11 is 0. The number of carbonyl (C=O) groups excluding carboxylic acids is 1. The van der Waals surface area contributed by atoms with Gasteiger partial charge in [-0.2, -0.15) is 5.10 Å². The Labute approximate surface area is 164 Å². The van der Waals surface area contributed by atoms with Gasteiger partial charge in [0.25, 0.3) is 5.91 Å². The predicted molar refractivity (Wildman–Crippen MR) is 109 cm³/mol. The molecule has 3 heterocycles. The first kappa shape index (κ1) is 18.4. The molecule has 1 aromatic carbocycles. The molecule has 3 aromatic rings. The summed E-state index contributed by atoms with van der Waals surface area (Å²) in [6, 6.07) is 9.34. The van der Waals surface area contributed by atoms with Crippen LogP contribution in [0, 0.1) is 6.92 Å². The van der Waals surface area contributed by atoms with E-state index in [1.54, 1.807) is 10.9 Å². The van der Waals surface area contributed by atoms with Crippen LogP contribution in [0.1, 0.15) is 28.9 Å². The van der Waals surface area contributed by atoms with Crippen molar-refractivity contribution in [1.29, 1.82) is 0 Å². The number of amides is 1. The van der Waals surface area contributed by atoms with Gasteiger partial charge < -0.3 is 10.1 Å². The lowest BCUT2D eigenvalue weighted by Gasteiger charge is -2.15. The fourth-order valence-electron chi connectivity index (χ4n) is 3.56. The maximum absolute atomic E-state index is 12.8. The van der Waals surface area contributed by atoms with Gasteiger partial charge in [0.2, 0.25) is 0 Å². The molecule has 4 rings (SSSR count). The van der Waals surface area contributed by atoms with Crippen molar-refractivity contribution in [1.82, 2.24) is 19.7 Å². The van der Waals surface area contributed by atoms with Gasteiger partial charge in [0.05, 0.1) is 23.0 Å². The molecule has 1 saturated heterocycles. The van der Waals surface area contributed by atoms with Crippen LogP contribution in [0.25, 0.3) is 11.0 Å². The summed E-state index contributed by atoms with van der Waals surface area (Å²) in [4.78, 5) is 19.7. The molecule has 1 N–H and O–H groups in total. The SMILES string of the molecule is Cc1nc2cnn(C)c2cc1C(=O)Nc1cccc(OCCN2CCCC2)c1. The summed E-state index contributed by atoms with van der Waals surface area (Å²) in [5, 5.41) is 7.14. The van der Waals surface area contributed by atoms with Crippen LogP contribution in [0.5, 0.6) is 5.75 Å². The number of likely N-dealkylation sites (tertiary alicyclic amines) is 1. The summed E-state index contributed by atoms with van der Waals surface area (Å²) in [6.45, 7) is 5.74. The van der Waals surface area contributed by atoms with E-state index in [2.05, 4.69) is 20.3 Å². The second-order valence-corrected chi connectivity index (χ2v) is 7.17. The van der Waals surface area contributed by atoms with E-state index in [1.807, 2.05) is 44.3 Å². The number of hydrogen-bond donors (Lipinski definition) is 1. The van der Waals surface area contributed by atoms with Crippen molar-refractivity contribution in [2.24, 2.45) is 7.05 Å². The molecule has 1 aliphatic rings. The Morgan fingerprint density at radius 3 is 2.89 bits per heavy atom. The third-order valence-corrected chi connectivity index (χ3v) is 5.13. The summed E-state index contributed by atoms with van der Waals surface area (Å²) in [5.74, 6) is 0.566. The highest BCUT2D eigenvalue weighted by atomic mass is 16.5. The molecule has 1 aliphatic heterocycles. The molecular weight excluding hydrogens is 354 g/mol. The molecule has 0 aliphatic carbocycles. The highest BCUT2D eigenvalue weighted by Crippen LogP contribution is 2.20. The van der Waals surface area contributed by atoms with Gasteiger partial charge in [-0.25, -0.2) is 4.98 Å². The molecule has 0 radical (unpaired) electrons. The fourth-order valence-corrected chi connectivity index (χ4v) is 3.56. The van der Waals surface area contributed by atoms with Crippen molar-refractivity contribution in [3.05, 3.63) is 47.8 Å². The van der Waals surface area contributed by atoms with E-state index in [-0.39, 0.29) is 5.91 Å². The Hall–Kier alpha value is -2.93. The normalized spacial score (nSPS) is 14.5. The summed E-state index contributed by atoms with van der Waals surface area (Å²) < 4.78 is 7.58. The molecule has 28 heavy (non-hydrogen) atoms. The Bertz CT molecular complexity index is 992. The van der Waals surface area contributed by atoms with Gasteiger partial charge in [-0.1, -0.05) is 6.07 Å². The highest BCUT2D eigenvalue weighted by molar-refractivity contribution is 6.06. The third-order valence-electron chi connectivity index (χ3n) is 5.13. The second-order valence-electron chi connectivity index (χ2n) is 7.17. The lowest BCUT2D eigenvalue weighted by Crippen LogP contribution is -2.25. The van der Waals surface area contributed by atoms with Crippen LogP contribution in [0.3, 0.4) is 0 Å². The number of nitrogens with zero attached hydrogens (tertiary/aromatic N) is 4. The van der Waals surface area contributed by atoms with Crippen LogP contribution in [-0.4, -0.2) is 51.8 Å². The molecule has 1 amide bonds. The number of aromatic nitrogens is 3. The molecule has 146 valence electrons. The van der Waals surface area contributed by atoms with Crippen LogP contribution in [0.4, 0.5) is 5.69 Å². The van der Waals surface area contributed by atoms with Crippen molar-refractivity contribution in [2.75, 3.05) is 31.6 Å². The van der Waals surface area contributed by atoms with E-state index in [1.165, 1.54) is 12.8 Å². The van der Waals surface area contributed by atoms with Crippen molar-refractivity contribution >= 4 is 22.6 Å². The first-order valence-corrected chi connectivity index (χ1v) is 9.66. The molecule has 0 spiro atoms. The Balaban J connectivity index is 1.43. The van der Waals surface area contributed by atoms with Crippen LogP contribution in [0.2, 0.25) is 0 Å². The van der Waals surface area contributed by atoms with E-state index in [0.717, 1.165) is 36.4 Å². The minimum Gasteiger partial charge on any atom is -0.492 e. The number of carbonyl (C=O) groups is 1. The summed E-state index contributed by atoms with van der Waals surface area (Å²) in [7, 11) is 1.84. The van der Waals surface area contributed by atoms with Gasteiger partial charge >= 0.3 is 0 Å². The van der Waals surface area contributed by atoms with Gasteiger partial charge in [0, 0.05) is 25.3 Å². The zero-order valence-corrected chi connectivity index (χ0v) is 16.3. The maximum Gasteiger partial charge on any atom is 0.257 e. The number of aryl methyl sites for hydroxylation is 2. The quantitative estimate of drug-likeness (QED) is 0.713. The summed E-state index contributed by atoms with van der Waals surface area (Å²) in [5.41, 5.74) is 3.53. The van der Waals surface area contributed by atoms with Crippen molar-refractivity contribution in [3.63, 3.8) is 0 Å². The molecular formula is C21H25N5O2. The molecule has 0 atom stereocenters.